The van der Waals surface area contributed by atoms with E-state index < -0.39 is 24.0 Å². The molecule has 0 aliphatic heterocycles. The fraction of sp³-hybridized carbons (Fsp3) is 0.143. The van der Waals surface area contributed by atoms with E-state index in [1.165, 1.54) is 12.1 Å². The molecule has 0 saturated heterocycles. The zero-order valence-corrected chi connectivity index (χ0v) is 12.0. The van der Waals surface area contributed by atoms with Crippen molar-refractivity contribution >= 4 is 18.7 Å². The van der Waals surface area contributed by atoms with Crippen molar-refractivity contribution in [3.63, 3.8) is 0 Å². The van der Waals surface area contributed by atoms with E-state index in [4.69, 9.17) is 0 Å². The van der Waals surface area contributed by atoms with Crippen molar-refractivity contribution in [3.8, 4) is 0 Å². The van der Waals surface area contributed by atoms with Gasteiger partial charge >= 0.3 is 0 Å². The van der Waals surface area contributed by atoms with Gasteiger partial charge in [-0.3, -0.25) is 0 Å². The second-order valence-corrected chi connectivity index (χ2v) is 8.99. The van der Waals surface area contributed by atoms with Crippen LogP contribution < -0.4 is 0 Å². The summed E-state index contributed by atoms with van der Waals surface area (Å²) in [6.45, 7) is 1.66. The molecule has 2 aromatic carbocycles. The molecular weight excluding hydrogens is 280 g/mol. The Morgan fingerprint density at radius 3 is 1.89 bits per heavy atom. The van der Waals surface area contributed by atoms with E-state index in [1.807, 2.05) is 6.07 Å². The molecule has 5 heteroatoms. The molecule has 0 heterocycles. The van der Waals surface area contributed by atoms with E-state index in [0.717, 1.165) is 5.56 Å². The van der Waals surface area contributed by atoms with Crippen LogP contribution in [-0.4, -0.2) is 12.6 Å². The van der Waals surface area contributed by atoms with Crippen LogP contribution in [0.5, 0.6) is 0 Å². The van der Waals surface area contributed by atoms with Crippen molar-refractivity contribution in [1.82, 2.24) is 0 Å². The van der Waals surface area contributed by atoms with Crippen molar-refractivity contribution in [2.24, 2.45) is 0 Å². The van der Waals surface area contributed by atoms with Gasteiger partial charge in [-0.15, -0.1) is 0 Å². The Morgan fingerprint density at radius 2 is 1.37 bits per heavy atom. The molecule has 0 radical (unpaired) electrons. The summed E-state index contributed by atoms with van der Waals surface area (Å²) in [6.07, 6.45) is 0. The molecule has 19 heavy (non-hydrogen) atoms. The van der Waals surface area contributed by atoms with Crippen LogP contribution in [0.15, 0.2) is 65.6 Å². The highest BCUT2D eigenvalue weighted by Gasteiger charge is 2.28. The van der Waals surface area contributed by atoms with Gasteiger partial charge in [-0.1, -0.05) is 48.5 Å². The summed E-state index contributed by atoms with van der Waals surface area (Å²) in [5.74, 6) is 0. The molecule has 2 rings (SSSR count). The van der Waals surface area contributed by atoms with Gasteiger partial charge < -0.3 is 0 Å². The maximum Gasteiger partial charge on any atom is 0.258 e. The first kappa shape index (κ1) is 14.0. The predicted molar refractivity (Wildman–Crippen MR) is 76.6 cm³/mol. The van der Waals surface area contributed by atoms with Crippen molar-refractivity contribution in [1.29, 1.82) is 0 Å². The van der Waals surface area contributed by atoms with E-state index in [-0.39, 0.29) is 4.90 Å². The van der Waals surface area contributed by atoms with E-state index in [2.05, 4.69) is 0 Å². The minimum Gasteiger partial charge on any atom is -0.242 e. The van der Waals surface area contributed by atoms with Crippen LogP contribution in [-0.2, 0) is 18.7 Å². The summed E-state index contributed by atoms with van der Waals surface area (Å²) < 4.78 is 36.8. The van der Waals surface area contributed by atoms with Crippen LogP contribution in [0.2, 0.25) is 0 Å². The summed E-state index contributed by atoms with van der Waals surface area (Å²) in [5, 5.41) is -0.564. The fourth-order valence-electron chi connectivity index (χ4n) is 1.71. The third-order valence-electron chi connectivity index (χ3n) is 2.81. The highest BCUT2D eigenvalue weighted by molar-refractivity contribution is 8.64. The second kappa shape index (κ2) is 5.67. The van der Waals surface area contributed by atoms with Crippen LogP contribution in [0.3, 0.4) is 0 Å². The minimum atomic E-state index is -3.81. The lowest BCUT2D eigenvalue weighted by atomic mass is 10.2. The summed E-state index contributed by atoms with van der Waals surface area (Å²) in [7, 11) is -5.82. The molecule has 0 aromatic heterocycles. The van der Waals surface area contributed by atoms with E-state index >= 15 is 0 Å². The Morgan fingerprint density at radius 1 is 0.895 bits per heavy atom. The van der Waals surface area contributed by atoms with Gasteiger partial charge in [-0.25, -0.2) is 12.6 Å². The molecule has 0 saturated carbocycles. The molecule has 3 nitrogen and oxygen atoms in total. The maximum absolute atomic E-state index is 12.3. The lowest BCUT2D eigenvalue weighted by molar-refractivity contribution is 0.604. The van der Waals surface area contributed by atoms with Gasteiger partial charge in [0.2, 0.25) is 0 Å². The first-order valence-corrected chi connectivity index (χ1v) is 9.01. The highest BCUT2D eigenvalue weighted by Crippen LogP contribution is 2.26. The molecule has 0 N–H and O–H groups in total. The maximum atomic E-state index is 12.3. The zero-order chi connectivity index (χ0) is 13.9. The van der Waals surface area contributed by atoms with Gasteiger partial charge in [0.05, 0.1) is 10.1 Å². The molecule has 0 spiro atoms. The lowest BCUT2D eigenvalue weighted by Crippen LogP contribution is -2.14. The zero-order valence-electron chi connectivity index (χ0n) is 10.4. The first-order chi connectivity index (χ1) is 9.03. The average molecular weight is 294 g/mol. The van der Waals surface area contributed by atoms with Crippen molar-refractivity contribution in [2.75, 3.05) is 0 Å². The fourth-order valence-corrected chi connectivity index (χ4v) is 5.52. The predicted octanol–water partition coefficient (Wildman–Crippen LogP) is 2.89. The van der Waals surface area contributed by atoms with Gasteiger partial charge in [0.1, 0.15) is 9.83 Å². The second-order valence-electron chi connectivity index (χ2n) is 4.08. The third kappa shape index (κ3) is 2.93. The Kier molecular flexibility index (Phi) is 4.17. The topological polar surface area (TPSA) is 51.2 Å². The molecule has 100 valence electrons. The third-order valence-corrected chi connectivity index (χ3v) is 7.68. The average Bonchev–Trinajstić information content (AvgIpc) is 2.47. The van der Waals surface area contributed by atoms with E-state index in [0.29, 0.717) is 0 Å². The highest BCUT2D eigenvalue weighted by atomic mass is 33.2. The number of hydrogen-bond donors (Lipinski definition) is 0. The van der Waals surface area contributed by atoms with Crippen molar-refractivity contribution < 1.29 is 12.6 Å². The largest absolute Gasteiger partial charge is 0.258 e. The SMILES string of the molecule is C[C@H](c1ccccc1)S(=O)S(=O)(=O)c1ccccc1. The molecule has 0 aliphatic carbocycles. The van der Waals surface area contributed by atoms with Crippen LogP contribution in [0.25, 0.3) is 0 Å². The van der Waals surface area contributed by atoms with Crippen LogP contribution in [0.4, 0.5) is 0 Å². The molecule has 0 aliphatic rings. The standard InChI is InChI=1S/C14H14O3S2/c1-12(13-8-4-2-5-9-13)18(15)19(16,17)14-10-6-3-7-11-14/h2-12H,1H3/t12-,18?/m1/s1. The molecule has 0 amide bonds. The van der Waals surface area contributed by atoms with Crippen molar-refractivity contribution in [3.05, 3.63) is 66.2 Å². The number of benzene rings is 2. The van der Waals surface area contributed by atoms with Gasteiger partial charge in [0.15, 0.2) is 0 Å². The summed E-state index contributed by atoms with van der Waals surface area (Å²) in [6, 6.07) is 16.9. The monoisotopic (exact) mass is 294 g/mol. The Balaban J connectivity index is 2.35. The lowest BCUT2D eigenvalue weighted by Gasteiger charge is -2.12. The Bertz CT molecular complexity index is 664. The number of hydrogen-bond acceptors (Lipinski definition) is 3. The molecule has 1 unspecified atom stereocenters. The van der Waals surface area contributed by atoms with Crippen LogP contribution in [0.1, 0.15) is 17.7 Å². The molecule has 0 fully saturated rings. The quantitative estimate of drug-likeness (QED) is 0.815. The summed E-state index contributed by atoms with van der Waals surface area (Å²) >= 11 is 0. The van der Waals surface area contributed by atoms with E-state index in [1.54, 1.807) is 49.4 Å². The van der Waals surface area contributed by atoms with Crippen LogP contribution >= 0.6 is 0 Å². The first-order valence-electron chi connectivity index (χ1n) is 5.79. The van der Waals surface area contributed by atoms with E-state index in [9.17, 15) is 12.6 Å². The smallest absolute Gasteiger partial charge is 0.242 e. The Hall–Kier alpha value is -1.46. The minimum absolute atomic E-state index is 0.0936. The van der Waals surface area contributed by atoms with Crippen molar-refractivity contribution in [2.45, 2.75) is 17.1 Å². The Labute approximate surface area is 115 Å². The van der Waals surface area contributed by atoms with Gasteiger partial charge in [0, 0.05) is 0 Å². The van der Waals surface area contributed by atoms with Gasteiger partial charge in [-0.05, 0) is 24.6 Å². The summed E-state index contributed by atoms with van der Waals surface area (Å²) in [4.78, 5) is 0.0936. The normalized spacial score (nSPS) is 14.8. The van der Waals surface area contributed by atoms with Crippen LogP contribution in [0, 0.1) is 0 Å². The summed E-state index contributed by atoms with van der Waals surface area (Å²) in [5.41, 5.74) is 0.750. The molecular formula is C14H14O3S2. The number of rotatable bonds is 4. The molecule has 2 aromatic rings. The van der Waals surface area contributed by atoms with Gasteiger partial charge in [-0.2, -0.15) is 0 Å². The molecule has 0 bridgehead atoms. The van der Waals surface area contributed by atoms with Gasteiger partial charge in [0.25, 0.3) is 8.87 Å². The molecule has 2 atom stereocenters.